The minimum Gasteiger partial charge on any atom is -0.200 e. The number of benzene rings is 2. The number of hydrogen-bond donors (Lipinski definition) is 1. The first-order valence-electron chi connectivity index (χ1n) is 6.51. The lowest BCUT2D eigenvalue weighted by molar-refractivity contribution is 0.584. The Morgan fingerprint density at radius 2 is 1.77 bits per heavy atom. The summed E-state index contributed by atoms with van der Waals surface area (Å²) in [4.78, 5) is 2.14. The normalized spacial score (nSPS) is 11.8. The van der Waals surface area contributed by atoms with Gasteiger partial charge in [0, 0.05) is 0 Å². The van der Waals surface area contributed by atoms with Crippen molar-refractivity contribution in [2.45, 2.75) is 18.2 Å². The van der Waals surface area contributed by atoms with Gasteiger partial charge in [-0.05, 0) is 35.7 Å². The third-order valence-electron chi connectivity index (χ3n) is 2.98. The first-order chi connectivity index (χ1) is 10.4. The summed E-state index contributed by atoms with van der Waals surface area (Å²) in [6.07, 6.45) is 2.38. The third kappa shape index (κ3) is 4.22. The molecular formula is C15H14Cl2N2O2S. The van der Waals surface area contributed by atoms with Crippen molar-refractivity contribution in [1.29, 1.82) is 0 Å². The molecule has 4 nitrogen and oxygen atoms in total. The van der Waals surface area contributed by atoms with Crippen molar-refractivity contribution in [3.63, 3.8) is 0 Å². The van der Waals surface area contributed by atoms with Gasteiger partial charge >= 0.3 is 0 Å². The van der Waals surface area contributed by atoms with Crippen molar-refractivity contribution < 1.29 is 8.42 Å². The topological polar surface area (TPSA) is 58.5 Å². The van der Waals surface area contributed by atoms with E-state index in [0.717, 1.165) is 12.0 Å². The first-order valence-corrected chi connectivity index (χ1v) is 8.75. The average Bonchev–Trinajstić information content (AvgIpc) is 2.50. The largest absolute Gasteiger partial charge is 0.276 e. The van der Waals surface area contributed by atoms with E-state index < -0.39 is 10.0 Å². The van der Waals surface area contributed by atoms with E-state index in [1.807, 2.05) is 24.3 Å². The molecule has 0 aromatic heterocycles. The minimum absolute atomic E-state index is 0.000353. The summed E-state index contributed by atoms with van der Waals surface area (Å²) in [5.41, 5.74) is 2.00. The van der Waals surface area contributed by atoms with Gasteiger partial charge in [-0.25, -0.2) is 4.83 Å². The summed E-state index contributed by atoms with van der Waals surface area (Å²) in [6.45, 7) is 2.06. The number of halogens is 2. The Bertz CT molecular complexity index is 788. The Hall–Kier alpha value is -1.56. The van der Waals surface area contributed by atoms with E-state index in [9.17, 15) is 8.42 Å². The average molecular weight is 357 g/mol. The molecule has 0 bridgehead atoms. The van der Waals surface area contributed by atoms with Gasteiger partial charge in [-0.3, -0.25) is 0 Å². The number of aryl methyl sites for hydroxylation is 1. The maximum atomic E-state index is 12.1. The van der Waals surface area contributed by atoms with Crippen LogP contribution < -0.4 is 4.83 Å². The quantitative estimate of drug-likeness (QED) is 0.652. The van der Waals surface area contributed by atoms with Crippen molar-refractivity contribution in [2.75, 3.05) is 0 Å². The highest BCUT2D eigenvalue weighted by molar-refractivity contribution is 7.89. The molecule has 116 valence electrons. The van der Waals surface area contributed by atoms with E-state index in [0.29, 0.717) is 5.02 Å². The molecule has 0 atom stereocenters. The summed E-state index contributed by atoms with van der Waals surface area (Å²) < 4.78 is 24.1. The molecule has 2 aromatic rings. The SMILES string of the molecule is CCc1ccc(/C=N/NS(=O)(=O)c2ccc(Cl)c(Cl)c2)cc1. The molecule has 0 saturated carbocycles. The Labute approximate surface area is 139 Å². The van der Waals surface area contributed by atoms with Crippen molar-refractivity contribution in [3.05, 3.63) is 63.6 Å². The highest BCUT2D eigenvalue weighted by atomic mass is 35.5. The Morgan fingerprint density at radius 3 is 2.36 bits per heavy atom. The maximum Gasteiger partial charge on any atom is 0.276 e. The molecule has 1 N–H and O–H groups in total. The van der Waals surface area contributed by atoms with E-state index in [1.165, 1.54) is 30.0 Å². The van der Waals surface area contributed by atoms with Gasteiger partial charge in [-0.15, -0.1) is 0 Å². The molecular weight excluding hydrogens is 343 g/mol. The summed E-state index contributed by atoms with van der Waals surface area (Å²) >= 11 is 11.6. The Balaban J connectivity index is 2.11. The van der Waals surface area contributed by atoms with Crippen molar-refractivity contribution in [3.8, 4) is 0 Å². The van der Waals surface area contributed by atoms with Crippen LogP contribution >= 0.6 is 23.2 Å². The van der Waals surface area contributed by atoms with Crippen molar-refractivity contribution >= 4 is 39.4 Å². The Kier molecular flexibility index (Phi) is 5.45. The molecule has 0 radical (unpaired) electrons. The second kappa shape index (κ2) is 7.13. The number of hydrazone groups is 1. The third-order valence-corrected chi connectivity index (χ3v) is 4.94. The monoisotopic (exact) mass is 356 g/mol. The molecule has 0 spiro atoms. The predicted molar refractivity (Wildman–Crippen MR) is 90.2 cm³/mol. The number of rotatable bonds is 5. The molecule has 0 aliphatic rings. The van der Waals surface area contributed by atoms with Crippen LogP contribution in [0, 0.1) is 0 Å². The smallest absolute Gasteiger partial charge is 0.200 e. The lowest BCUT2D eigenvalue weighted by Gasteiger charge is -2.04. The first kappa shape index (κ1) is 16.8. The van der Waals surface area contributed by atoms with Gasteiger partial charge < -0.3 is 0 Å². The molecule has 0 aliphatic carbocycles. The van der Waals surface area contributed by atoms with Gasteiger partial charge in [-0.1, -0.05) is 54.4 Å². The van der Waals surface area contributed by atoms with Crippen molar-refractivity contribution in [2.24, 2.45) is 5.10 Å². The van der Waals surface area contributed by atoms with Crippen LogP contribution in [-0.2, 0) is 16.4 Å². The number of nitrogens with zero attached hydrogens (tertiary/aromatic N) is 1. The summed E-state index contributed by atoms with van der Waals surface area (Å²) in [5.74, 6) is 0. The fourth-order valence-corrected chi connectivity index (χ4v) is 2.89. The molecule has 22 heavy (non-hydrogen) atoms. The van der Waals surface area contributed by atoms with E-state index >= 15 is 0 Å². The zero-order chi connectivity index (χ0) is 16.2. The zero-order valence-electron chi connectivity index (χ0n) is 11.8. The number of sulfonamides is 1. The van der Waals surface area contributed by atoms with E-state index in [1.54, 1.807) is 0 Å². The zero-order valence-corrected chi connectivity index (χ0v) is 14.1. The van der Waals surface area contributed by atoms with Gasteiger partial charge in [0.25, 0.3) is 10.0 Å². The highest BCUT2D eigenvalue weighted by Gasteiger charge is 2.14. The molecule has 2 rings (SSSR count). The Morgan fingerprint density at radius 1 is 1.09 bits per heavy atom. The summed E-state index contributed by atoms with van der Waals surface area (Å²) in [6, 6.07) is 11.7. The van der Waals surface area contributed by atoms with E-state index in [2.05, 4.69) is 16.9 Å². The maximum absolute atomic E-state index is 12.1. The highest BCUT2D eigenvalue weighted by Crippen LogP contribution is 2.24. The summed E-state index contributed by atoms with van der Waals surface area (Å²) in [5, 5.41) is 4.22. The second-order valence-corrected chi connectivity index (χ2v) is 7.00. The molecule has 0 aliphatic heterocycles. The molecule has 0 unspecified atom stereocenters. The van der Waals surface area contributed by atoms with Gasteiger partial charge in [0.2, 0.25) is 0 Å². The molecule has 0 heterocycles. The second-order valence-electron chi connectivity index (χ2n) is 4.52. The fraction of sp³-hybridized carbons (Fsp3) is 0.133. The van der Waals surface area contributed by atoms with Crippen LogP contribution in [0.25, 0.3) is 0 Å². The van der Waals surface area contributed by atoms with Crippen molar-refractivity contribution in [1.82, 2.24) is 4.83 Å². The fourth-order valence-electron chi connectivity index (χ4n) is 1.71. The van der Waals surface area contributed by atoms with Crippen LogP contribution in [0.15, 0.2) is 52.5 Å². The van der Waals surface area contributed by atoms with E-state index in [4.69, 9.17) is 23.2 Å². The van der Waals surface area contributed by atoms with Crippen LogP contribution in [0.4, 0.5) is 0 Å². The summed E-state index contributed by atoms with van der Waals surface area (Å²) in [7, 11) is -3.77. The van der Waals surface area contributed by atoms with Crippen LogP contribution in [0.5, 0.6) is 0 Å². The van der Waals surface area contributed by atoms with Gasteiger partial charge in [0.15, 0.2) is 0 Å². The molecule has 0 amide bonds. The molecule has 0 fully saturated rings. The van der Waals surface area contributed by atoms with Crippen LogP contribution in [0.2, 0.25) is 10.0 Å². The van der Waals surface area contributed by atoms with Crippen LogP contribution in [0.1, 0.15) is 18.1 Å². The number of hydrogen-bond acceptors (Lipinski definition) is 3. The van der Waals surface area contributed by atoms with Gasteiger partial charge in [0.1, 0.15) is 0 Å². The van der Waals surface area contributed by atoms with E-state index in [-0.39, 0.29) is 9.92 Å². The van der Waals surface area contributed by atoms with Crippen LogP contribution in [-0.4, -0.2) is 14.6 Å². The van der Waals surface area contributed by atoms with Crippen LogP contribution in [0.3, 0.4) is 0 Å². The predicted octanol–water partition coefficient (Wildman–Crippen LogP) is 3.87. The molecule has 7 heteroatoms. The lowest BCUT2D eigenvalue weighted by Crippen LogP contribution is -2.18. The van der Waals surface area contributed by atoms with Gasteiger partial charge in [0.05, 0.1) is 21.2 Å². The molecule has 0 saturated heterocycles. The number of nitrogens with one attached hydrogen (secondary N) is 1. The van der Waals surface area contributed by atoms with Gasteiger partial charge in [-0.2, -0.15) is 13.5 Å². The minimum atomic E-state index is -3.77. The molecule has 2 aromatic carbocycles. The lowest BCUT2D eigenvalue weighted by atomic mass is 10.1. The standard InChI is InChI=1S/C15H14Cl2N2O2S/c1-2-11-3-5-12(6-4-11)10-18-19-22(20,21)13-7-8-14(16)15(17)9-13/h3-10,19H,2H2,1H3/b18-10+.